The van der Waals surface area contributed by atoms with Crippen molar-refractivity contribution in [2.45, 2.75) is 70.7 Å². The van der Waals surface area contributed by atoms with E-state index in [9.17, 15) is 0 Å². The summed E-state index contributed by atoms with van der Waals surface area (Å²) in [5, 5.41) is 0. The second-order valence-corrected chi connectivity index (χ2v) is 7.19. The lowest BCUT2D eigenvalue weighted by atomic mass is 9.79. The van der Waals surface area contributed by atoms with Gasteiger partial charge in [-0.25, -0.2) is 0 Å². The van der Waals surface area contributed by atoms with Gasteiger partial charge in [-0.3, -0.25) is 0 Å². The fourth-order valence-electron chi connectivity index (χ4n) is 2.91. The minimum atomic E-state index is -0.317. The highest BCUT2D eigenvalue weighted by Gasteiger charge is 2.51. The van der Waals surface area contributed by atoms with Crippen molar-refractivity contribution in [2.24, 2.45) is 0 Å². The monoisotopic (exact) mass is 288 g/mol. The Morgan fingerprint density at radius 3 is 2.29 bits per heavy atom. The quantitative estimate of drug-likeness (QED) is 0.799. The van der Waals surface area contributed by atoms with Gasteiger partial charge in [-0.2, -0.15) is 0 Å². The van der Waals surface area contributed by atoms with Gasteiger partial charge in [-0.05, 0) is 71.0 Å². The Balaban J connectivity index is 1.74. The van der Waals surface area contributed by atoms with Crippen molar-refractivity contribution in [2.75, 3.05) is 0 Å². The van der Waals surface area contributed by atoms with Crippen LogP contribution in [0.4, 0.5) is 0 Å². The molecular weight excluding hydrogens is 263 g/mol. The summed E-state index contributed by atoms with van der Waals surface area (Å²) in [5.41, 5.74) is 0.420. The van der Waals surface area contributed by atoms with Crippen LogP contribution in [0.3, 0.4) is 0 Å². The maximum Gasteiger partial charge on any atom is 0.494 e. The Hall–Kier alpha value is -0.995. The zero-order chi connectivity index (χ0) is 15.1. The van der Waals surface area contributed by atoms with E-state index in [1.807, 2.05) is 18.2 Å². The minimum Gasteiger partial charge on any atom is -0.490 e. The predicted molar refractivity (Wildman–Crippen MR) is 85.0 cm³/mol. The van der Waals surface area contributed by atoms with Gasteiger partial charge >= 0.3 is 7.12 Å². The Kier molecular flexibility index (Phi) is 3.79. The number of rotatable bonds is 3. The molecule has 0 aromatic heterocycles. The number of benzene rings is 1. The van der Waals surface area contributed by atoms with Gasteiger partial charge in [-0.1, -0.05) is 12.1 Å². The summed E-state index contributed by atoms with van der Waals surface area (Å²) < 4.78 is 18.3. The molecule has 2 aliphatic rings. The first-order valence-electron chi connectivity index (χ1n) is 8.00. The molecule has 0 spiro atoms. The van der Waals surface area contributed by atoms with Crippen molar-refractivity contribution in [3.05, 3.63) is 24.3 Å². The lowest BCUT2D eigenvalue weighted by molar-refractivity contribution is 0.00578. The maximum atomic E-state index is 6.10. The van der Waals surface area contributed by atoms with Crippen LogP contribution in [0.15, 0.2) is 24.3 Å². The van der Waals surface area contributed by atoms with Crippen LogP contribution in [-0.4, -0.2) is 24.4 Å². The van der Waals surface area contributed by atoms with Crippen molar-refractivity contribution >= 4 is 12.6 Å². The average Bonchev–Trinajstić information content (AvgIpc) is 2.97. The van der Waals surface area contributed by atoms with Gasteiger partial charge in [-0.15, -0.1) is 0 Å². The average molecular weight is 288 g/mol. The third-order valence-corrected chi connectivity index (χ3v) is 4.99. The van der Waals surface area contributed by atoms with Gasteiger partial charge < -0.3 is 14.0 Å². The van der Waals surface area contributed by atoms with Crippen LogP contribution >= 0.6 is 0 Å². The largest absolute Gasteiger partial charge is 0.494 e. The molecule has 1 aliphatic heterocycles. The van der Waals surface area contributed by atoms with E-state index in [0.29, 0.717) is 6.10 Å². The normalized spacial score (nSPS) is 24.5. The summed E-state index contributed by atoms with van der Waals surface area (Å²) >= 11 is 0. The third kappa shape index (κ3) is 2.97. The van der Waals surface area contributed by atoms with Gasteiger partial charge in [0.05, 0.1) is 17.3 Å². The number of hydrogen-bond acceptors (Lipinski definition) is 3. The molecule has 0 bridgehead atoms. The smallest absolute Gasteiger partial charge is 0.490 e. The van der Waals surface area contributed by atoms with Crippen molar-refractivity contribution in [3.8, 4) is 5.75 Å². The van der Waals surface area contributed by atoms with Crippen molar-refractivity contribution in [3.63, 3.8) is 0 Å². The molecule has 1 saturated heterocycles. The van der Waals surface area contributed by atoms with E-state index in [2.05, 4.69) is 33.8 Å². The van der Waals surface area contributed by atoms with Crippen molar-refractivity contribution < 1.29 is 14.0 Å². The maximum absolute atomic E-state index is 6.10. The molecule has 3 rings (SSSR count). The molecule has 1 aliphatic carbocycles. The van der Waals surface area contributed by atoms with Gasteiger partial charge in [0, 0.05) is 0 Å². The molecule has 114 valence electrons. The molecule has 0 unspecified atom stereocenters. The Morgan fingerprint density at radius 2 is 1.67 bits per heavy atom. The second-order valence-electron chi connectivity index (χ2n) is 7.19. The summed E-state index contributed by atoms with van der Waals surface area (Å²) in [5.74, 6) is 0.925. The van der Waals surface area contributed by atoms with Crippen molar-refractivity contribution in [1.82, 2.24) is 0 Å². The molecule has 1 aromatic rings. The molecule has 0 amide bonds. The van der Waals surface area contributed by atoms with Crippen LogP contribution in [0.1, 0.15) is 53.4 Å². The molecule has 1 saturated carbocycles. The van der Waals surface area contributed by atoms with Gasteiger partial charge in [0.15, 0.2) is 0 Å². The highest BCUT2D eigenvalue weighted by Crippen LogP contribution is 2.36. The van der Waals surface area contributed by atoms with E-state index in [1.54, 1.807) is 0 Å². The Morgan fingerprint density at radius 1 is 1.05 bits per heavy atom. The predicted octanol–water partition coefficient (Wildman–Crippen LogP) is 3.31. The molecule has 0 N–H and O–H groups in total. The van der Waals surface area contributed by atoms with Crippen LogP contribution in [0, 0.1) is 0 Å². The Bertz CT molecular complexity index is 491. The molecule has 1 aromatic carbocycles. The molecule has 1 heterocycles. The van der Waals surface area contributed by atoms with Crippen LogP contribution in [-0.2, 0) is 9.31 Å². The second kappa shape index (κ2) is 5.33. The SMILES string of the molecule is CC1(C)OB(c2cccc(OC3CCCC3)c2)OC1(C)C. The summed E-state index contributed by atoms with van der Waals surface area (Å²) in [6.07, 6.45) is 5.27. The minimum absolute atomic E-state index is 0.306. The van der Waals surface area contributed by atoms with Crippen molar-refractivity contribution in [1.29, 1.82) is 0 Å². The lowest BCUT2D eigenvalue weighted by Gasteiger charge is -2.32. The topological polar surface area (TPSA) is 27.7 Å². The third-order valence-electron chi connectivity index (χ3n) is 4.99. The van der Waals surface area contributed by atoms with E-state index >= 15 is 0 Å². The number of ether oxygens (including phenoxy) is 1. The van der Waals surface area contributed by atoms with E-state index in [0.717, 1.165) is 11.2 Å². The van der Waals surface area contributed by atoms with E-state index in [4.69, 9.17) is 14.0 Å². The Labute approximate surface area is 128 Å². The standard InChI is InChI=1S/C17H25BO3/c1-16(2)17(3,4)21-18(20-16)13-8-7-11-15(12-13)19-14-9-5-6-10-14/h7-8,11-12,14H,5-6,9-10H2,1-4H3. The van der Waals surface area contributed by atoms with Gasteiger partial charge in [0.1, 0.15) is 5.75 Å². The summed E-state index contributed by atoms with van der Waals surface area (Å²) in [6, 6.07) is 8.14. The fourth-order valence-corrected chi connectivity index (χ4v) is 2.91. The summed E-state index contributed by atoms with van der Waals surface area (Å²) in [4.78, 5) is 0. The number of hydrogen-bond donors (Lipinski definition) is 0. The molecule has 0 atom stereocenters. The zero-order valence-electron chi connectivity index (χ0n) is 13.5. The highest BCUT2D eigenvalue weighted by molar-refractivity contribution is 6.62. The van der Waals surface area contributed by atoms with Crippen LogP contribution < -0.4 is 10.2 Å². The molecule has 4 heteroatoms. The van der Waals surface area contributed by atoms with Crippen LogP contribution in [0.5, 0.6) is 5.75 Å². The lowest BCUT2D eigenvalue weighted by Crippen LogP contribution is -2.41. The zero-order valence-corrected chi connectivity index (χ0v) is 13.5. The van der Waals surface area contributed by atoms with Crippen LogP contribution in [0.25, 0.3) is 0 Å². The first kappa shape index (κ1) is 14.9. The molecule has 3 nitrogen and oxygen atoms in total. The van der Waals surface area contributed by atoms with Crippen LogP contribution in [0.2, 0.25) is 0 Å². The fraction of sp³-hybridized carbons (Fsp3) is 0.647. The first-order chi connectivity index (χ1) is 9.87. The molecule has 21 heavy (non-hydrogen) atoms. The molecular formula is C17H25BO3. The molecule has 0 radical (unpaired) electrons. The summed E-state index contributed by atoms with van der Waals surface area (Å²) in [6.45, 7) is 8.30. The van der Waals surface area contributed by atoms with E-state index in [-0.39, 0.29) is 18.3 Å². The first-order valence-corrected chi connectivity index (χ1v) is 8.00. The highest BCUT2D eigenvalue weighted by atomic mass is 16.7. The van der Waals surface area contributed by atoms with Gasteiger partial charge in [0.25, 0.3) is 0 Å². The molecule has 2 fully saturated rings. The van der Waals surface area contributed by atoms with Gasteiger partial charge in [0.2, 0.25) is 0 Å². The van der Waals surface area contributed by atoms with E-state index in [1.165, 1.54) is 25.7 Å². The van der Waals surface area contributed by atoms with E-state index < -0.39 is 0 Å². The summed E-state index contributed by atoms with van der Waals surface area (Å²) in [7, 11) is -0.317.